The van der Waals surface area contributed by atoms with Gasteiger partial charge >= 0.3 is 5.97 Å². The molecule has 92 valence electrons. The average Bonchev–Trinajstić information content (AvgIpc) is 2.26. The summed E-state index contributed by atoms with van der Waals surface area (Å²) in [6.45, 7) is 0.902. The molecule has 1 aliphatic carbocycles. The van der Waals surface area contributed by atoms with Gasteiger partial charge in [0, 0.05) is 0 Å². The lowest BCUT2D eigenvalue weighted by Crippen LogP contribution is -2.24. The minimum atomic E-state index is -0.972. The topological polar surface area (TPSA) is 55.8 Å². The highest BCUT2D eigenvalue weighted by atomic mass is 16.5. The molecule has 1 N–H and O–H groups in total. The van der Waals surface area contributed by atoms with Crippen molar-refractivity contribution in [3.63, 3.8) is 0 Å². The number of hydrogen-bond acceptors (Lipinski definition) is 3. The van der Waals surface area contributed by atoms with E-state index in [0.29, 0.717) is 25.1 Å². The summed E-state index contributed by atoms with van der Waals surface area (Å²) in [5.41, 5.74) is 0.191. The first-order valence-corrected chi connectivity index (χ1v) is 5.84. The highest BCUT2D eigenvalue weighted by Crippen LogP contribution is 2.22. The number of rotatable bonds is 6. The molecule has 0 aromatic heterocycles. The van der Waals surface area contributed by atoms with Gasteiger partial charge in [0.25, 0.3) is 0 Å². The second-order valence-corrected chi connectivity index (χ2v) is 4.07. The van der Waals surface area contributed by atoms with Crippen LogP contribution in [-0.4, -0.2) is 30.4 Å². The van der Waals surface area contributed by atoms with Gasteiger partial charge in [0.1, 0.15) is 17.9 Å². The molecule has 1 fully saturated rings. The molecule has 1 aromatic rings. The van der Waals surface area contributed by atoms with Crippen LogP contribution in [0.15, 0.2) is 24.3 Å². The predicted octanol–water partition coefficient (Wildman–Crippen LogP) is 2.33. The van der Waals surface area contributed by atoms with Crippen molar-refractivity contribution < 1.29 is 19.4 Å². The number of benzene rings is 1. The number of carbonyl (C=O) groups is 1. The summed E-state index contributed by atoms with van der Waals surface area (Å²) >= 11 is 0. The molecule has 0 atom stereocenters. The SMILES string of the molecule is O=C(O)c1ccccc1OCCOC1CCC1. The molecule has 2 rings (SSSR count). The fourth-order valence-corrected chi connectivity index (χ4v) is 1.67. The molecular formula is C13H16O4. The smallest absolute Gasteiger partial charge is 0.339 e. The molecule has 0 aliphatic heterocycles. The van der Waals surface area contributed by atoms with Crippen LogP contribution in [0.4, 0.5) is 0 Å². The number of para-hydroxylation sites is 1. The first kappa shape index (κ1) is 11.9. The van der Waals surface area contributed by atoms with Gasteiger partial charge in [0.2, 0.25) is 0 Å². The molecule has 0 bridgehead atoms. The molecule has 17 heavy (non-hydrogen) atoms. The largest absolute Gasteiger partial charge is 0.490 e. The molecule has 0 radical (unpaired) electrons. The monoisotopic (exact) mass is 236 g/mol. The normalized spacial score (nSPS) is 15.3. The molecular weight excluding hydrogens is 220 g/mol. The van der Waals surface area contributed by atoms with Crippen molar-refractivity contribution in [2.45, 2.75) is 25.4 Å². The van der Waals surface area contributed by atoms with E-state index in [9.17, 15) is 4.79 Å². The van der Waals surface area contributed by atoms with Crippen LogP contribution in [0, 0.1) is 0 Å². The Hall–Kier alpha value is -1.55. The van der Waals surface area contributed by atoms with E-state index in [0.717, 1.165) is 12.8 Å². The Bertz CT molecular complexity index is 385. The maximum Gasteiger partial charge on any atom is 0.339 e. The summed E-state index contributed by atoms with van der Waals surface area (Å²) in [4.78, 5) is 10.9. The lowest BCUT2D eigenvalue weighted by atomic mass is 9.96. The Labute approximate surface area is 100 Å². The van der Waals surface area contributed by atoms with Crippen LogP contribution in [0.5, 0.6) is 5.75 Å². The number of hydrogen-bond donors (Lipinski definition) is 1. The molecule has 0 spiro atoms. The fraction of sp³-hybridized carbons (Fsp3) is 0.462. The maximum absolute atomic E-state index is 10.9. The van der Waals surface area contributed by atoms with Gasteiger partial charge in [-0.05, 0) is 31.4 Å². The Morgan fingerprint density at radius 1 is 1.29 bits per heavy atom. The summed E-state index contributed by atoms with van der Waals surface area (Å²) in [5.74, 6) is -0.572. The van der Waals surface area contributed by atoms with Gasteiger partial charge in [-0.25, -0.2) is 4.79 Å². The fourth-order valence-electron chi connectivity index (χ4n) is 1.67. The average molecular weight is 236 g/mol. The number of ether oxygens (including phenoxy) is 2. The highest BCUT2D eigenvalue weighted by Gasteiger charge is 2.17. The van der Waals surface area contributed by atoms with Gasteiger partial charge in [0.05, 0.1) is 12.7 Å². The van der Waals surface area contributed by atoms with Crippen LogP contribution >= 0.6 is 0 Å². The zero-order valence-corrected chi connectivity index (χ0v) is 9.59. The summed E-state index contributed by atoms with van der Waals surface area (Å²) < 4.78 is 10.9. The zero-order chi connectivity index (χ0) is 12.1. The lowest BCUT2D eigenvalue weighted by molar-refractivity contribution is -0.0105. The Balaban J connectivity index is 1.79. The quantitative estimate of drug-likeness (QED) is 0.770. The molecule has 0 saturated heterocycles. The first-order chi connectivity index (χ1) is 8.27. The second kappa shape index (κ2) is 5.68. The lowest BCUT2D eigenvalue weighted by Gasteiger charge is -2.25. The minimum Gasteiger partial charge on any atom is -0.490 e. The van der Waals surface area contributed by atoms with Crippen molar-refractivity contribution in [2.75, 3.05) is 13.2 Å². The van der Waals surface area contributed by atoms with Gasteiger partial charge < -0.3 is 14.6 Å². The van der Waals surface area contributed by atoms with Crippen LogP contribution in [-0.2, 0) is 4.74 Å². The highest BCUT2D eigenvalue weighted by molar-refractivity contribution is 5.90. The van der Waals surface area contributed by atoms with Crippen molar-refractivity contribution >= 4 is 5.97 Å². The number of carboxylic acids is 1. The van der Waals surface area contributed by atoms with E-state index in [-0.39, 0.29) is 5.56 Å². The molecule has 1 aromatic carbocycles. The second-order valence-electron chi connectivity index (χ2n) is 4.07. The summed E-state index contributed by atoms with van der Waals surface area (Å²) in [6, 6.07) is 6.63. The van der Waals surface area contributed by atoms with Crippen molar-refractivity contribution in [3.05, 3.63) is 29.8 Å². The summed E-state index contributed by atoms with van der Waals surface area (Å²) in [6.07, 6.45) is 3.89. The Morgan fingerprint density at radius 3 is 2.71 bits per heavy atom. The molecule has 1 saturated carbocycles. The van der Waals surface area contributed by atoms with Crippen molar-refractivity contribution in [2.24, 2.45) is 0 Å². The minimum absolute atomic E-state index is 0.191. The van der Waals surface area contributed by atoms with Gasteiger partial charge in [-0.2, -0.15) is 0 Å². The van der Waals surface area contributed by atoms with Gasteiger partial charge in [-0.1, -0.05) is 12.1 Å². The van der Waals surface area contributed by atoms with E-state index in [4.69, 9.17) is 14.6 Å². The van der Waals surface area contributed by atoms with E-state index in [1.807, 2.05) is 0 Å². The predicted molar refractivity (Wildman–Crippen MR) is 62.5 cm³/mol. The Kier molecular flexibility index (Phi) is 3.98. The van der Waals surface area contributed by atoms with Crippen LogP contribution in [0.3, 0.4) is 0 Å². The first-order valence-electron chi connectivity index (χ1n) is 5.84. The zero-order valence-electron chi connectivity index (χ0n) is 9.59. The van der Waals surface area contributed by atoms with Crippen LogP contribution < -0.4 is 4.74 Å². The van der Waals surface area contributed by atoms with Crippen molar-refractivity contribution in [1.82, 2.24) is 0 Å². The number of aromatic carboxylic acids is 1. The third kappa shape index (κ3) is 3.20. The van der Waals surface area contributed by atoms with Crippen molar-refractivity contribution in [3.8, 4) is 5.75 Å². The van der Waals surface area contributed by atoms with E-state index >= 15 is 0 Å². The van der Waals surface area contributed by atoms with Crippen LogP contribution in [0.2, 0.25) is 0 Å². The summed E-state index contributed by atoms with van der Waals surface area (Å²) in [5, 5.41) is 8.95. The van der Waals surface area contributed by atoms with E-state index in [1.54, 1.807) is 18.2 Å². The maximum atomic E-state index is 10.9. The summed E-state index contributed by atoms with van der Waals surface area (Å²) in [7, 11) is 0. The van der Waals surface area contributed by atoms with E-state index in [1.165, 1.54) is 12.5 Å². The Morgan fingerprint density at radius 2 is 2.06 bits per heavy atom. The number of carboxylic acid groups (broad SMARTS) is 1. The molecule has 0 amide bonds. The molecule has 4 nitrogen and oxygen atoms in total. The molecule has 1 aliphatic rings. The van der Waals surface area contributed by atoms with E-state index < -0.39 is 5.97 Å². The van der Waals surface area contributed by atoms with Gasteiger partial charge in [-0.15, -0.1) is 0 Å². The molecule has 0 unspecified atom stereocenters. The van der Waals surface area contributed by atoms with Gasteiger partial charge in [0.15, 0.2) is 0 Å². The standard InChI is InChI=1S/C13H16O4/c14-13(15)11-6-1-2-7-12(11)17-9-8-16-10-4-3-5-10/h1-2,6-7,10H,3-5,8-9H2,(H,14,15). The van der Waals surface area contributed by atoms with Crippen LogP contribution in [0.1, 0.15) is 29.6 Å². The van der Waals surface area contributed by atoms with E-state index in [2.05, 4.69) is 0 Å². The molecule has 4 heteroatoms. The van der Waals surface area contributed by atoms with Crippen molar-refractivity contribution in [1.29, 1.82) is 0 Å². The third-order valence-electron chi connectivity index (χ3n) is 2.86. The molecule has 0 heterocycles. The van der Waals surface area contributed by atoms with Gasteiger partial charge in [-0.3, -0.25) is 0 Å². The van der Waals surface area contributed by atoms with Crippen LogP contribution in [0.25, 0.3) is 0 Å². The third-order valence-corrected chi connectivity index (χ3v) is 2.86.